The summed E-state index contributed by atoms with van der Waals surface area (Å²) in [4.78, 5) is 14.4. The maximum atomic E-state index is 12.0. The summed E-state index contributed by atoms with van der Waals surface area (Å²) in [5.41, 5.74) is 3.44. The largest absolute Gasteiger partial charge is 0.372 e. The minimum Gasteiger partial charge on any atom is -0.372 e. The Hall–Kier alpha value is -1.94. The molecule has 0 aliphatic carbocycles. The van der Waals surface area contributed by atoms with Gasteiger partial charge in [0, 0.05) is 42.4 Å². The Morgan fingerprint density at radius 1 is 1.00 bits per heavy atom. The van der Waals surface area contributed by atoms with E-state index in [1.54, 1.807) is 11.8 Å². The molecule has 1 aliphatic rings. The SMILES string of the molecule is O=C(CCSCc1ccccc1)Nc1ccc(N2CCCC2)cc1. The number of carbonyl (C=O) groups is 1. The lowest BCUT2D eigenvalue weighted by atomic mass is 10.2. The summed E-state index contributed by atoms with van der Waals surface area (Å²) in [6.07, 6.45) is 3.10. The predicted molar refractivity (Wildman–Crippen MR) is 104 cm³/mol. The summed E-state index contributed by atoms with van der Waals surface area (Å²) in [6.45, 7) is 2.29. The molecular formula is C20H24N2OS. The second-order valence-corrected chi connectivity index (χ2v) is 7.18. The molecule has 1 fully saturated rings. The fraction of sp³-hybridized carbons (Fsp3) is 0.350. The fourth-order valence-electron chi connectivity index (χ4n) is 2.88. The standard InChI is InChI=1S/C20H24N2OS/c23-20(12-15-24-16-17-6-2-1-3-7-17)21-18-8-10-19(11-9-18)22-13-4-5-14-22/h1-3,6-11H,4-5,12-16H2,(H,21,23). The number of carbonyl (C=O) groups excluding carboxylic acids is 1. The molecule has 1 aliphatic heterocycles. The molecule has 2 aromatic rings. The summed E-state index contributed by atoms with van der Waals surface area (Å²) in [5.74, 6) is 1.88. The molecule has 1 amide bonds. The minimum absolute atomic E-state index is 0.0875. The zero-order valence-corrected chi connectivity index (χ0v) is 14.7. The molecule has 3 rings (SSSR count). The number of nitrogens with one attached hydrogen (secondary N) is 1. The van der Waals surface area contributed by atoms with E-state index in [-0.39, 0.29) is 5.91 Å². The first-order valence-electron chi connectivity index (χ1n) is 8.58. The van der Waals surface area contributed by atoms with Crippen LogP contribution in [0, 0.1) is 0 Å². The van der Waals surface area contributed by atoms with E-state index in [4.69, 9.17) is 0 Å². The molecule has 0 aromatic heterocycles. The molecule has 24 heavy (non-hydrogen) atoms. The molecule has 0 unspecified atom stereocenters. The van der Waals surface area contributed by atoms with Crippen LogP contribution in [0.15, 0.2) is 54.6 Å². The summed E-state index contributed by atoms with van der Waals surface area (Å²) in [5, 5.41) is 2.99. The number of benzene rings is 2. The van der Waals surface area contributed by atoms with E-state index in [1.165, 1.54) is 24.1 Å². The fourth-order valence-corrected chi connectivity index (χ4v) is 3.79. The molecule has 126 valence electrons. The van der Waals surface area contributed by atoms with Crippen LogP contribution in [0.2, 0.25) is 0 Å². The highest BCUT2D eigenvalue weighted by Gasteiger charge is 2.12. The van der Waals surface area contributed by atoms with E-state index >= 15 is 0 Å². The maximum absolute atomic E-state index is 12.0. The molecule has 1 saturated heterocycles. The highest BCUT2D eigenvalue weighted by molar-refractivity contribution is 7.98. The Morgan fingerprint density at radius 3 is 2.42 bits per heavy atom. The predicted octanol–water partition coefficient (Wildman–Crippen LogP) is 4.55. The molecule has 0 atom stereocenters. The van der Waals surface area contributed by atoms with Crippen LogP contribution in [0.1, 0.15) is 24.8 Å². The van der Waals surface area contributed by atoms with E-state index in [0.29, 0.717) is 6.42 Å². The van der Waals surface area contributed by atoms with Gasteiger partial charge < -0.3 is 10.2 Å². The van der Waals surface area contributed by atoms with Crippen LogP contribution in [-0.4, -0.2) is 24.7 Å². The number of amides is 1. The van der Waals surface area contributed by atoms with E-state index in [1.807, 2.05) is 18.2 Å². The van der Waals surface area contributed by atoms with Crippen LogP contribution in [0.3, 0.4) is 0 Å². The van der Waals surface area contributed by atoms with E-state index in [0.717, 1.165) is 30.3 Å². The summed E-state index contributed by atoms with van der Waals surface area (Å²) in [7, 11) is 0. The topological polar surface area (TPSA) is 32.3 Å². The average molecular weight is 340 g/mol. The normalized spacial score (nSPS) is 13.9. The zero-order valence-electron chi connectivity index (χ0n) is 13.9. The van der Waals surface area contributed by atoms with Crippen molar-refractivity contribution in [1.82, 2.24) is 0 Å². The van der Waals surface area contributed by atoms with Gasteiger partial charge >= 0.3 is 0 Å². The second-order valence-electron chi connectivity index (χ2n) is 6.08. The van der Waals surface area contributed by atoms with Crippen LogP contribution in [-0.2, 0) is 10.5 Å². The van der Waals surface area contributed by atoms with Crippen molar-refractivity contribution in [2.24, 2.45) is 0 Å². The van der Waals surface area contributed by atoms with Gasteiger partial charge in [0.2, 0.25) is 5.91 Å². The molecule has 2 aromatic carbocycles. The quantitative estimate of drug-likeness (QED) is 0.751. The Labute approximate surface area is 148 Å². The van der Waals surface area contributed by atoms with Crippen molar-refractivity contribution >= 4 is 29.0 Å². The van der Waals surface area contributed by atoms with Gasteiger partial charge in [0.05, 0.1) is 0 Å². The Morgan fingerprint density at radius 2 is 1.71 bits per heavy atom. The van der Waals surface area contributed by atoms with Crippen LogP contribution < -0.4 is 10.2 Å². The molecule has 0 radical (unpaired) electrons. The maximum Gasteiger partial charge on any atom is 0.225 e. The average Bonchev–Trinajstić information content (AvgIpc) is 3.15. The number of hydrogen-bond donors (Lipinski definition) is 1. The molecule has 0 saturated carbocycles. The third-order valence-electron chi connectivity index (χ3n) is 4.21. The first-order chi connectivity index (χ1) is 11.8. The third-order valence-corrected chi connectivity index (χ3v) is 5.24. The highest BCUT2D eigenvalue weighted by atomic mass is 32.2. The van der Waals surface area contributed by atoms with E-state index in [9.17, 15) is 4.79 Å². The number of rotatable bonds is 7. The van der Waals surface area contributed by atoms with Gasteiger partial charge in [-0.25, -0.2) is 0 Å². The molecule has 4 heteroatoms. The minimum atomic E-state index is 0.0875. The van der Waals surface area contributed by atoms with Crippen molar-refractivity contribution in [3.8, 4) is 0 Å². The van der Waals surface area contributed by atoms with Gasteiger partial charge in [0.15, 0.2) is 0 Å². The zero-order chi connectivity index (χ0) is 16.6. The van der Waals surface area contributed by atoms with Gasteiger partial charge in [0.1, 0.15) is 0 Å². The van der Waals surface area contributed by atoms with Gasteiger partial charge in [0.25, 0.3) is 0 Å². The van der Waals surface area contributed by atoms with E-state index < -0.39 is 0 Å². The number of hydrogen-bond acceptors (Lipinski definition) is 3. The highest BCUT2D eigenvalue weighted by Crippen LogP contribution is 2.22. The van der Waals surface area contributed by atoms with Crippen molar-refractivity contribution in [2.75, 3.05) is 29.1 Å². The lowest BCUT2D eigenvalue weighted by Crippen LogP contribution is -2.17. The Kier molecular flexibility index (Phi) is 6.19. The summed E-state index contributed by atoms with van der Waals surface area (Å²) < 4.78 is 0. The van der Waals surface area contributed by atoms with Crippen molar-refractivity contribution < 1.29 is 4.79 Å². The van der Waals surface area contributed by atoms with Crippen LogP contribution in [0.4, 0.5) is 11.4 Å². The second kappa shape index (κ2) is 8.78. The molecular weight excluding hydrogens is 316 g/mol. The van der Waals surface area contributed by atoms with Gasteiger partial charge in [-0.3, -0.25) is 4.79 Å². The number of nitrogens with zero attached hydrogens (tertiary/aromatic N) is 1. The summed E-state index contributed by atoms with van der Waals surface area (Å²) in [6, 6.07) is 18.6. The van der Waals surface area contributed by atoms with Crippen molar-refractivity contribution in [3.63, 3.8) is 0 Å². The smallest absolute Gasteiger partial charge is 0.225 e. The summed E-state index contributed by atoms with van der Waals surface area (Å²) >= 11 is 1.80. The molecule has 3 nitrogen and oxygen atoms in total. The monoisotopic (exact) mass is 340 g/mol. The lowest BCUT2D eigenvalue weighted by Gasteiger charge is -2.17. The number of anilines is 2. The molecule has 1 heterocycles. The van der Waals surface area contributed by atoms with Crippen LogP contribution in [0.5, 0.6) is 0 Å². The van der Waals surface area contributed by atoms with Crippen molar-refractivity contribution in [2.45, 2.75) is 25.0 Å². The van der Waals surface area contributed by atoms with Gasteiger partial charge in [-0.05, 0) is 42.7 Å². The molecule has 0 bridgehead atoms. The van der Waals surface area contributed by atoms with Gasteiger partial charge in [-0.1, -0.05) is 30.3 Å². The van der Waals surface area contributed by atoms with Crippen LogP contribution in [0.25, 0.3) is 0 Å². The van der Waals surface area contributed by atoms with Gasteiger partial charge in [-0.15, -0.1) is 0 Å². The number of thioether (sulfide) groups is 1. The first kappa shape index (κ1) is 16.9. The van der Waals surface area contributed by atoms with E-state index in [2.05, 4.69) is 46.6 Å². The molecule has 0 spiro atoms. The Bertz CT molecular complexity index is 636. The van der Waals surface area contributed by atoms with Gasteiger partial charge in [-0.2, -0.15) is 11.8 Å². The first-order valence-corrected chi connectivity index (χ1v) is 9.73. The van der Waals surface area contributed by atoms with Crippen molar-refractivity contribution in [3.05, 3.63) is 60.2 Å². The van der Waals surface area contributed by atoms with Crippen molar-refractivity contribution in [1.29, 1.82) is 0 Å². The Balaban J connectivity index is 1.38. The van der Waals surface area contributed by atoms with Crippen LogP contribution >= 0.6 is 11.8 Å². The lowest BCUT2D eigenvalue weighted by molar-refractivity contribution is -0.115. The third kappa shape index (κ3) is 5.03. The molecule has 1 N–H and O–H groups in total.